The SMILES string of the molecule is COCCCNS(=O)(=O)c1cc(Cl)cc(N)c1C. The van der Waals surface area contributed by atoms with Gasteiger partial charge < -0.3 is 10.5 Å². The molecule has 0 aliphatic carbocycles. The number of benzene rings is 1. The van der Waals surface area contributed by atoms with Crippen LogP contribution in [0.5, 0.6) is 0 Å². The first-order valence-electron chi connectivity index (χ1n) is 5.42. The molecule has 0 aromatic heterocycles. The molecule has 0 atom stereocenters. The Labute approximate surface area is 112 Å². The zero-order valence-electron chi connectivity index (χ0n) is 10.4. The Hall–Kier alpha value is -0.820. The van der Waals surface area contributed by atoms with E-state index in [1.165, 1.54) is 12.1 Å². The maximum atomic E-state index is 12.1. The van der Waals surface area contributed by atoms with Crippen LogP contribution in [0.15, 0.2) is 17.0 Å². The second-order valence-corrected chi connectivity index (χ2v) is 6.03. The monoisotopic (exact) mass is 292 g/mol. The molecule has 0 unspecified atom stereocenters. The van der Waals surface area contributed by atoms with Gasteiger partial charge in [-0.25, -0.2) is 13.1 Å². The molecule has 102 valence electrons. The fourth-order valence-corrected chi connectivity index (χ4v) is 3.12. The van der Waals surface area contributed by atoms with E-state index in [1.807, 2.05) is 0 Å². The van der Waals surface area contributed by atoms with Gasteiger partial charge in [0.05, 0.1) is 4.90 Å². The number of nitrogens with one attached hydrogen (secondary N) is 1. The molecule has 0 amide bonds. The largest absolute Gasteiger partial charge is 0.398 e. The predicted octanol–water partition coefficient (Wildman–Crippen LogP) is 1.55. The van der Waals surface area contributed by atoms with E-state index in [9.17, 15) is 8.42 Å². The molecule has 0 fully saturated rings. The van der Waals surface area contributed by atoms with Gasteiger partial charge in [-0.3, -0.25) is 0 Å². The van der Waals surface area contributed by atoms with Crippen LogP contribution in [0.25, 0.3) is 0 Å². The van der Waals surface area contributed by atoms with Gasteiger partial charge in [-0.15, -0.1) is 0 Å². The summed E-state index contributed by atoms with van der Waals surface area (Å²) in [6.07, 6.45) is 0.602. The third-order valence-electron chi connectivity index (χ3n) is 2.47. The molecule has 0 radical (unpaired) electrons. The molecule has 0 spiro atoms. The van der Waals surface area contributed by atoms with E-state index in [4.69, 9.17) is 22.1 Å². The van der Waals surface area contributed by atoms with Gasteiger partial charge in [-0.2, -0.15) is 0 Å². The lowest BCUT2D eigenvalue weighted by atomic mass is 10.2. The van der Waals surface area contributed by atoms with E-state index in [0.717, 1.165) is 0 Å². The Morgan fingerprint density at radius 1 is 1.44 bits per heavy atom. The summed E-state index contributed by atoms with van der Waals surface area (Å²) in [4.78, 5) is 0.116. The average molecular weight is 293 g/mol. The first-order chi connectivity index (χ1) is 8.38. The maximum absolute atomic E-state index is 12.1. The van der Waals surface area contributed by atoms with Crippen molar-refractivity contribution in [2.24, 2.45) is 0 Å². The number of hydrogen-bond acceptors (Lipinski definition) is 4. The fourth-order valence-electron chi connectivity index (χ4n) is 1.45. The molecule has 0 aliphatic heterocycles. The second kappa shape index (κ2) is 6.38. The number of anilines is 1. The molecule has 1 rings (SSSR count). The third kappa shape index (κ3) is 3.84. The Morgan fingerprint density at radius 3 is 2.72 bits per heavy atom. The van der Waals surface area contributed by atoms with Gasteiger partial charge >= 0.3 is 0 Å². The summed E-state index contributed by atoms with van der Waals surface area (Å²) >= 11 is 5.82. The summed E-state index contributed by atoms with van der Waals surface area (Å²) in [5.74, 6) is 0. The molecule has 0 saturated heterocycles. The molecule has 1 aromatic rings. The number of methoxy groups -OCH3 is 1. The quantitative estimate of drug-likeness (QED) is 0.616. The minimum absolute atomic E-state index is 0.116. The van der Waals surface area contributed by atoms with Gasteiger partial charge in [-0.05, 0) is 31.0 Å². The van der Waals surface area contributed by atoms with E-state index < -0.39 is 10.0 Å². The van der Waals surface area contributed by atoms with Crippen molar-refractivity contribution in [3.05, 3.63) is 22.7 Å². The van der Waals surface area contributed by atoms with Crippen LogP contribution in [0.1, 0.15) is 12.0 Å². The van der Waals surface area contributed by atoms with Crippen LogP contribution in [-0.2, 0) is 14.8 Å². The lowest BCUT2D eigenvalue weighted by Crippen LogP contribution is -2.26. The van der Waals surface area contributed by atoms with E-state index in [2.05, 4.69) is 4.72 Å². The topological polar surface area (TPSA) is 81.4 Å². The standard InChI is InChI=1S/C11H17ClN2O3S/c1-8-10(13)6-9(12)7-11(8)18(15,16)14-4-3-5-17-2/h6-7,14H,3-5,13H2,1-2H3. The molecular weight excluding hydrogens is 276 g/mol. The minimum Gasteiger partial charge on any atom is -0.398 e. The Morgan fingerprint density at radius 2 is 2.11 bits per heavy atom. The van der Waals surface area contributed by atoms with E-state index in [1.54, 1.807) is 14.0 Å². The normalized spacial score (nSPS) is 11.7. The molecule has 5 nitrogen and oxygen atoms in total. The lowest BCUT2D eigenvalue weighted by molar-refractivity contribution is 0.196. The predicted molar refractivity (Wildman–Crippen MR) is 72.3 cm³/mol. The molecule has 0 saturated carbocycles. The minimum atomic E-state index is -3.59. The summed E-state index contributed by atoms with van der Waals surface area (Å²) < 4.78 is 31.4. The van der Waals surface area contributed by atoms with E-state index in [-0.39, 0.29) is 4.90 Å². The first-order valence-corrected chi connectivity index (χ1v) is 7.29. The van der Waals surface area contributed by atoms with Crippen LogP contribution in [-0.4, -0.2) is 28.7 Å². The third-order valence-corrected chi connectivity index (χ3v) is 4.28. The number of halogens is 1. The smallest absolute Gasteiger partial charge is 0.240 e. The van der Waals surface area contributed by atoms with Crippen LogP contribution in [0.3, 0.4) is 0 Å². The number of nitrogen functional groups attached to an aromatic ring is 1. The Kier molecular flexibility index (Phi) is 5.40. The zero-order valence-corrected chi connectivity index (χ0v) is 11.9. The number of hydrogen-bond donors (Lipinski definition) is 2. The number of rotatable bonds is 6. The highest BCUT2D eigenvalue weighted by molar-refractivity contribution is 7.89. The Balaban J connectivity index is 2.91. The van der Waals surface area contributed by atoms with Crippen LogP contribution in [0, 0.1) is 6.92 Å². The van der Waals surface area contributed by atoms with Crippen LogP contribution in [0.4, 0.5) is 5.69 Å². The highest BCUT2D eigenvalue weighted by Crippen LogP contribution is 2.25. The number of ether oxygens (including phenoxy) is 1. The van der Waals surface area contributed by atoms with Gasteiger partial charge in [0.2, 0.25) is 10.0 Å². The van der Waals surface area contributed by atoms with Crippen molar-refractivity contribution in [2.75, 3.05) is 26.0 Å². The van der Waals surface area contributed by atoms with Crippen molar-refractivity contribution in [1.29, 1.82) is 0 Å². The van der Waals surface area contributed by atoms with E-state index in [0.29, 0.717) is 35.8 Å². The van der Waals surface area contributed by atoms with Crippen molar-refractivity contribution >= 4 is 27.3 Å². The van der Waals surface area contributed by atoms with Gasteiger partial charge in [0, 0.05) is 31.0 Å². The number of nitrogens with two attached hydrogens (primary N) is 1. The van der Waals surface area contributed by atoms with Crippen LogP contribution >= 0.6 is 11.6 Å². The summed E-state index contributed by atoms with van der Waals surface area (Å²) in [7, 11) is -2.02. The summed E-state index contributed by atoms with van der Waals surface area (Å²) in [6, 6.07) is 2.92. The van der Waals surface area contributed by atoms with Gasteiger partial charge in [0.25, 0.3) is 0 Å². The van der Waals surface area contributed by atoms with Gasteiger partial charge in [0.15, 0.2) is 0 Å². The highest BCUT2D eigenvalue weighted by atomic mass is 35.5. The van der Waals surface area contributed by atoms with Crippen molar-refractivity contribution in [3.63, 3.8) is 0 Å². The highest BCUT2D eigenvalue weighted by Gasteiger charge is 2.18. The average Bonchev–Trinajstić information content (AvgIpc) is 2.29. The van der Waals surface area contributed by atoms with Crippen LogP contribution < -0.4 is 10.5 Å². The van der Waals surface area contributed by atoms with Gasteiger partial charge in [-0.1, -0.05) is 11.6 Å². The molecule has 3 N–H and O–H groups in total. The fraction of sp³-hybridized carbons (Fsp3) is 0.455. The van der Waals surface area contributed by atoms with E-state index >= 15 is 0 Å². The van der Waals surface area contributed by atoms with Crippen molar-refractivity contribution in [2.45, 2.75) is 18.2 Å². The Bertz CT molecular complexity index is 517. The van der Waals surface area contributed by atoms with Crippen molar-refractivity contribution in [3.8, 4) is 0 Å². The summed E-state index contributed by atoms with van der Waals surface area (Å²) in [6.45, 7) is 2.45. The molecule has 18 heavy (non-hydrogen) atoms. The summed E-state index contributed by atoms with van der Waals surface area (Å²) in [5.41, 5.74) is 6.56. The van der Waals surface area contributed by atoms with Gasteiger partial charge in [0.1, 0.15) is 0 Å². The second-order valence-electron chi connectivity index (χ2n) is 3.86. The lowest BCUT2D eigenvalue weighted by Gasteiger charge is -2.11. The van der Waals surface area contributed by atoms with Crippen molar-refractivity contribution in [1.82, 2.24) is 4.72 Å². The maximum Gasteiger partial charge on any atom is 0.240 e. The molecule has 0 heterocycles. The molecule has 7 heteroatoms. The first kappa shape index (κ1) is 15.2. The molecular formula is C11H17ClN2O3S. The number of sulfonamides is 1. The molecule has 0 bridgehead atoms. The van der Waals surface area contributed by atoms with Crippen LogP contribution in [0.2, 0.25) is 5.02 Å². The molecule has 0 aliphatic rings. The van der Waals surface area contributed by atoms with Crippen molar-refractivity contribution < 1.29 is 13.2 Å². The molecule has 1 aromatic carbocycles. The zero-order chi connectivity index (χ0) is 13.8. The summed E-state index contributed by atoms with van der Waals surface area (Å²) in [5, 5.41) is 0.301.